The Morgan fingerprint density at radius 2 is 1.56 bits per heavy atom. The van der Waals surface area contributed by atoms with Gasteiger partial charge >= 0.3 is 0 Å². The molecule has 0 spiro atoms. The number of phenols is 1. The van der Waals surface area contributed by atoms with Gasteiger partial charge < -0.3 is 5.11 Å². The molecule has 0 aromatic heterocycles. The fourth-order valence-corrected chi connectivity index (χ4v) is 7.39. The first-order valence-corrected chi connectivity index (χ1v) is 16.6. The first kappa shape index (κ1) is 31.0. The van der Waals surface area contributed by atoms with Crippen LogP contribution in [0.15, 0.2) is 90.0 Å². The number of aromatic hydroxyl groups is 1. The van der Waals surface area contributed by atoms with Crippen LogP contribution in [0, 0.1) is 5.41 Å². The fraction of sp³-hybridized carbons (Fsp3) is 0.439. The number of benzene rings is 3. The van der Waals surface area contributed by atoms with Crippen molar-refractivity contribution < 1.29 is 5.11 Å². The Hall–Kier alpha value is -3.39. The van der Waals surface area contributed by atoms with Crippen LogP contribution in [-0.4, -0.2) is 17.4 Å². The lowest BCUT2D eigenvalue weighted by Gasteiger charge is -2.38. The summed E-state index contributed by atoms with van der Waals surface area (Å²) in [5.74, 6) is 0.648. The van der Waals surface area contributed by atoms with E-state index in [0.717, 1.165) is 49.7 Å². The van der Waals surface area contributed by atoms with Gasteiger partial charge in [0.15, 0.2) is 0 Å². The quantitative estimate of drug-likeness (QED) is 0.190. The molecule has 1 N–H and O–H groups in total. The topological polar surface area (TPSA) is 32.6 Å². The summed E-state index contributed by atoms with van der Waals surface area (Å²) in [6, 6.07) is 22.7. The fourth-order valence-electron chi connectivity index (χ4n) is 7.39. The average Bonchev–Trinajstić information content (AvgIpc) is 3.34. The second kappa shape index (κ2) is 13.1. The molecule has 0 amide bonds. The van der Waals surface area contributed by atoms with Gasteiger partial charge in [0.2, 0.25) is 0 Å². The Balaban J connectivity index is 1.45. The minimum absolute atomic E-state index is 0.135. The summed E-state index contributed by atoms with van der Waals surface area (Å²) in [7, 11) is 0. The molecule has 0 radical (unpaired) electrons. The summed E-state index contributed by atoms with van der Waals surface area (Å²) >= 11 is 0. The number of hydrogen-bond acceptors (Lipinski definition) is 2. The highest BCUT2D eigenvalue weighted by Crippen LogP contribution is 2.57. The van der Waals surface area contributed by atoms with Gasteiger partial charge in [-0.15, -0.1) is 0 Å². The van der Waals surface area contributed by atoms with Crippen molar-refractivity contribution >= 4 is 6.21 Å². The van der Waals surface area contributed by atoms with E-state index < -0.39 is 0 Å². The number of phenolic OH excluding ortho intramolecular Hbond substituents is 1. The van der Waals surface area contributed by atoms with E-state index in [1.807, 2.05) is 6.21 Å². The number of fused-ring (bicyclic) bond motifs is 3. The van der Waals surface area contributed by atoms with Crippen molar-refractivity contribution in [2.24, 2.45) is 10.4 Å². The van der Waals surface area contributed by atoms with E-state index in [4.69, 9.17) is 4.99 Å². The van der Waals surface area contributed by atoms with Gasteiger partial charge in [-0.1, -0.05) is 127 Å². The maximum atomic E-state index is 11.3. The van der Waals surface area contributed by atoms with Crippen LogP contribution in [0.2, 0.25) is 0 Å². The van der Waals surface area contributed by atoms with Crippen LogP contribution < -0.4 is 0 Å². The van der Waals surface area contributed by atoms with Crippen LogP contribution in [0.3, 0.4) is 0 Å². The van der Waals surface area contributed by atoms with Crippen molar-refractivity contribution in [3.63, 3.8) is 0 Å². The molecular formula is C41H51NO. The second-order valence-corrected chi connectivity index (χ2v) is 14.1. The lowest BCUT2D eigenvalue weighted by molar-refractivity contribution is 0.322. The van der Waals surface area contributed by atoms with E-state index in [0.29, 0.717) is 11.8 Å². The first-order valence-electron chi connectivity index (χ1n) is 16.6. The summed E-state index contributed by atoms with van der Waals surface area (Å²) in [6.07, 6.45) is 16.6. The van der Waals surface area contributed by atoms with Gasteiger partial charge in [-0.05, 0) is 83.4 Å². The van der Waals surface area contributed by atoms with E-state index in [1.165, 1.54) is 52.7 Å². The molecule has 2 heteroatoms. The number of aryl methyl sites for hydroxylation is 1. The van der Waals surface area contributed by atoms with Crippen LogP contribution in [0.5, 0.6) is 5.75 Å². The molecule has 5 rings (SSSR count). The standard InChI is InChI=1S/C41H51NO/c1-7-8-17-29(2)41(6,38-35-23-14-12-21-33(35)34-22-13-15-24-36(34)38)25-16-18-30-26-31(28-42-32-19-10-9-11-20-32)39(43)37(27-30)40(3,4)5/h8,12-15,17,21-24,26-28,32,38,43H,2,7,9-11,16,18-20,25H2,1,3-6H3/b17-8-,42-28+. The molecule has 2 aliphatic carbocycles. The van der Waals surface area contributed by atoms with E-state index >= 15 is 0 Å². The van der Waals surface area contributed by atoms with E-state index in [9.17, 15) is 5.11 Å². The normalized spacial score (nSPS) is 17.3. The molecule has 1 saturated carbocycles. The smallest absolute Gasteiger partial charge is 0.128 e. The third kappa shape index (κ3) is 6.59. The minimum atomic E-state index is -0.154. The molecule has 1 atom stereocenters. The maximum absolute atomic E-state index is 11.3. The molecule has 0 heterocycles. The lowest BCUT2D eigenvalue weighted by atomic mass is 9.65. The molecule has 0 aliphatic heterocycles. The molecule has 43 heavy (non-hydrogen) atoms. The molecular weight excluding hydrogens is 522 g/mol. The van der Waals surface area contributed by atoms with Crippen LogP contribution in [0.25, 0.3) is 11.1 Å². The highest BCUT2D eigenvalue weighted by Gasteiger charge is 2.42. The molecule has 1 fully saturated rings. The first-order chi connectivity index (χ1) is 20.6. The minimum Gasteiger partial charge on any atom is -0.507 e. The number of allylic oxidation sites excluding steroid dienone is 3. The van der Waals surface area contributed by atoms with E-state index in [-0.39, 0.29) is 16.7 Å². The second-order valence-electron chi connectivity index (χ2n) is 14.1. The van der Waals surface area contributed by atoms with Crippen molar-refractivity contribution in [2.45, 2.75) is 110 Å². The number of rotatable bonds is 10. The van der Waals surface area contributed by atoms with Gasteiger partial charge in [-0.2, -0.15) is 0 Å². The summed E-state index contributed by atoms with van der Waals surface area (Å²) in [5.41, 5.74) is 9.60. The third-order valence-electron chi connectivity index (χ3n) is 9.93. The SMILES string of the molecule is C=C(/C=C\CC)C(C)(CCCc1cc(/C=N/C2CCCCC2)c(O)c(C(C)(C)C)c1)C1c2ccccc2-c2ccccc21. The van der Waals surface area contributed by atoms with Gasteiger partial charge in [-0.25, -0.2) is 0 Å². The van der Waals surface area contributed by atoms with Crippen molar-refractivity contribution in [1.82, 2.24) is 0 Å². The van der Waals surface area contributed by atoms with Crippen molar-refractivity contribution in [3.05, 3.63) is 113 Å². The Bertz CT molecular complexity index is 1450. The van der Waals surface area contributed by atoms with Crippen LogP contribution in [-0.2, 0) is 11.8 Å². The predicted molar refractivity (Wildman–Crippen MR) is 185 cm³/mol. The molecule has 0 bridgehead atoms. The largest absolute Gasteiger partial charge is 0.507 e. The number of nitrogens with zero attached hydrogens (tertiary/aromatic N) is 1. The monoisotopic (exact) mass is 573 g/mol. The Kier molecular flexibility index (Phi) is 9.45. The molecule has 1 unspecified atom stereocenters. The van der Waals surface area contributed by atoms with Crippen molar-refractivity contribution in [1.29, 1.82) is 0 Å². The zero-order valence-electron chi connectivity index (χ0n) is 27.1. The van der Waals surface area contributed by atoms with Crippen LogP contribution in [0.4, 0.5) is 0 Å². The highest BCUT2D eigenvalue weighted by atomic mass is 16.3. The van der Waals surface area contributed by atoms with Crippen LogP contribution in [0.1, 0.15) is 120 Å². The third-order valence-corrected chi connectivity index (χ3v) is 9.93. The van der Waals surface area contributed by atoms with Crippen molar-refractivity contribution in [2.75, 3.05) is 0 Å². The van der Waals surface area contributed by atoms with Crippen LogP contribution >= 0.6 is 0 Å². The van der Waals surface area contributed by atoms with Gasteiger partial charge in [0.05, 0.1) is 0 Å². The van der Waals surface area contributed by atoms with E-state index in [1.54, 1.807) is 0 Å². The molecule has 226 valence electrons. The molecule has 2 aliphatic rings. The lowest BCUT2D eigenvalue weighted by Crippen LogP contribution is -2.27. The number of hydrogen-bond donors (Lipinski definition) is 1. The molecule has 3 aromatic rings. The highest BCUT2D eigenvalue weighted by molar-refractivity contribution is 5.85. The number of aliphatic imine (C=N–C) groups is 1. The average molecular weight is 574 g/mol. The molecule has 3 aromatic carbocycles. The van der Waals surface area contributed by atoms with Gasteiger partial charge in [-0.3, -0.25) is 4.99 Å². The van der Waals surface area contributed by atoms with E-state index in [2.05, 4.69) is 114 Å². The predicted octanol–water partition coefficient (Wildman–Crippen LogP) is 11.1. The van der Waals surface area contributed by atoms with Crippen molar-refractivity contribution in [3.8, 4) is 16.9 Å². The summed E-state index contributed by atoms with van der Waals surface area (Å²) in [6.45, 7) is 15.9. The van der Waals surface area contributed by atoms with Gasteiger partial charge in [0.1, 0.15) is 5.75 Å². The maximum Gasteiger partial charge on any atom is 0.128 e. The zero-order valence-corrected chi connectivity index (χ0v) is 27.1. The zero-order chi connectivity index (χ0) is 30.6. The molecule has 2 nitrogen and oxygen atoms in total. The molecule has 0 saturated heterocycles. The Morgan fingerprint density at radius 1 is 0.930 bits per heavy atom. The Labute approximate surface area is 260 Å². The van der Waals surface area contributed by atoms with Gasteiger partial charge in [0, 0.05) is 34.7 Å². The Morgan fingerprint density at radius 3 is 2.16 bits per heavy atom. The summed E-state index contributed by atoms with van der Waals surface area (Å²) in [4.78, 5) is 4.94. The summed E-state index contributed by atoms with van der Waals surface area (Å²) in [5, 5.41) is 11.3. The summed E-state index contributed by atoms with van der Waals surface area (Å²) < 4.78 is 0. The van der Waals surface area contributed by atoms with Gasteiger partial charge in [0.25, 0.3) is 0 Å².